The lowest BCUT2D eigenvalue weighted by molar-refractivity contribution is 0.0703. The van der Waals surface area contributed by atoms with Gasteiger partial charge in [0, 0.05) is 38.4 Å². The number of carbonyl (C=O) groups excluding carboxylic acids is 2. The number of piperidine rings is 1. The van der Waals surface area contributed by atoms with Gasteiger partial charge in [-0.2, -0.15) is 0 Å². The molecule has 2 rings (SSSR count). The van der Waals surface area contributed by atoms with Crippen LogP contribution >= 0.6 is 0 Å². The number of anilines is 1. The van der Waals surface area contributed by atoms with Crippen LogP contribution in [0.25, 0.3) is 0 Å². The van der Waals surface area contributed by atoms with Crippen LogP contribution in [0, 0.1) is 0 Å². The zero-order valence-corrected chi connectivity index (χ0v) is 13.4. The van der Waals surface area contributed by atoms with Gasteiger partial charge in [-0.05, 0) is 44.1 Å². The first-order valence-corrected chi connectivity index (χ1v) is 7.55. The fourth-order valence-electron chi connectivity index (χ4n) is 2.53. The van der Waals surface area contributed by atoms with Gasteiger partial charge in [0.25, 0.3) is 5.91 Å². The number of nitrogens with zero attached hydrogens (tertiary/aromatic N) is 2. The number of amides is 3. The summed E-state index contributed by atoms with van der Waals surface area (Å²) in [6.45, 7) is 1.89. The summed E-state index contributed by atoms with van der Waals surface area (Å²) in [7, 11) is 5.20. The number of carbonyl (C=O) groups is 2. The van der Waals surface area contributed by atoms with Crippen LogP contribution in [0.5, 0.6) is 0 Å². The van der Waals surface area contributed by atoms with Gasteiger partial charge in [-0.15, -0.1) is 0 Å². The minimum absolute atomic E-state index is 0.00662. The van der Waals surface area contributed by atoms with Crippen molar-refractivity contribution >= 4 is 17.6 Å². The van der Waals surface area contributed by atoms with Crippen LogP contribution in [0.4, 0.5) is 10.5 Å². The van der Waals surface area contributed by atoms with E-state index in [2.05, 4.69) is 10.6 Å². The summed E-state index contributed by atoms with van der Waals surface area (Å²) in [5.41, 5.74) is 1.22. The third-order valence-corrected chi connectivity index (χ3v) is 3.94. The summed E-state index contributed by atoms with van der Waals surface area (Å²) in [5.74, 6) is -0.00662. The Bertz CT molecular complexity index is 539. The molecule has 1 saturated heterocycles. The Kier molecular flexibility index (Phi) is 5.38. The van der Waals surface area contributed by atoms with Crippen molar-refractivity contribution in [2.24, 2.45) is 0 Å². The standard InChI is InChI=1S/C16H24N4O2/c1-19(2)16(22)18-13-6-4-5-12(11-13)15(21)20(3)14-7-9-17-10-8-14/h4-6,11,14,17H,7-10H2,1-3H3,(H,18,22). The summed E-state index contributed by atoms with van der Waals surface area (Å²) in [5, 5.41) is 6.06. The molecule has 6 heteroatoms. The van der Waals surface area contributed by atoms with Crippen molar-refractivity contribution < 1.29 is 9.59 Å². The summed E-state index contributed by atoms with van der Waals surface area (Å²) in [4.78, 5) is 27.6. The highest BCUT2D eigenvalue weighted by atomic mass is 16.2. The second-order valence-corrected chi connectivity index (χ2v) is 5.80. The molecule has 0 atom stereocenters. The molecule has 1 heterocycles. The minimum atomic E-state index is -0.212. The molecular weight excluding hydrogens is 280 g/mol. The molecule has 1 fully saturated rings. The van der Waals surface area contributed by atoms with Crippen molar-refractivity contribution in [3.63, 3.8) is 0 Å². The zero-order chi connectivity index (χ0) is 16.1. The van der Waals surface area contributed by atoms with Gasteiger partial charge in [0.2, 0.25) is 0 Å². The van der Waals surface area contributed by atoms with Crippen molar-refractivity contribution in [1.29, 1.82) is 0 Å². The van der Waals surface area contributed by atoms with E-state index in [0.29, 0.717) is 11.3 Å². The molecule has 1 aromatic carbocycles. The monoisotopic (exact) mass is 304 g/mol. The van der Waals surface area contributed by atoms with Gasteiger partial charge in [0.1, 0.15) is 0 Å². The van der Waals surface area contributed by atoms with Crippen LogP contribution in [0.15, 0.2) is 24.3 Å². The molecule has 0 aromatic heterocycles. The van der Waals surface area contributed by atoms with E-state index in [4.69, 9.17) is 0 Å². The maximum absolute atomic E-state index is 12.6. The lowest BCUT2D eigenvalue weighted by Crippen LogP contribution is -2.43. The maximum Gasteiger partial charge on any atom is 0.321 e. The quantitative estimate of drug-likeness (QED) is 0.891. The Hall–Kier alpha value is -2.08. The lowest BCUT2D eigenvalue weighted by Gasteiger charge is -2.31. The number of rotatable bonds is 3. The number of benzene rings is 1. The van der Waals surface area contributed by atoms with E-state index in [1.54, 1.807) is 38.4 Å². The van der Waals surface area contributed by atoms with E-state index in [1.165, 1.54) is 4.90 Å². The molecule has 0 saturated carbocycles. The predicted molar refractivity (Wildman–Crippen MR) is 87.1 cm³/mol. The molecular formula is C16H24N4O2. The van der Waals surface area contributed by atoms with Crippen LogP contribution < -0.4 is 10.6 Å². The van der Waals surface area contributed by atoms with Crippen LogP contribution in [0.1, 0.15) is 23.2 Å². The number of hydrogen-bond acceptors (Lipinski definition) is 3. The third-order valence-electron chi connectivity index (χ3n) is 3.94. The SMILES string of the molecule is CN(C)C(=O)Nc1cccc(C(=O)N(C)C2CCNCC2)c1. The van der Waals surface area contributed by atoms with Gasteiger partial charge in [-0.25, -0.2) is 4.79 Å². The molecule has 0 radical (unpaired) electrons. The van der Waals surface area contributed by atoms with E-state index >= 15 is 0 Å². The maximum atomic E-state index is 12.6. The summed E-state index contributed by atoms with van der Waals surface area (Å²) in [6, 6.07) is 7.13. The Morgan fingerprint density at radius 3 is 2.50 bits per heavy atom. The average molecular weight is 304 g/mol. The van der Waals surface area contributed by atoms with E-state index in [9.17, 15) is 9.59 Å². The molecule has 22 heavy (non-hydrogen) atoms. The summed E-state index contributed by atoms with van der Waals surface area (Å²) < 4.78 is 0. The largest absolute Gasteiger partial charge is 0.339 e. The molecule has 3 amide bonds. The second-order valence-electron chi connectivity index (χ2n) is 5.80. The summed E-state index contributed by atoms with van der Waals surface area (Å²) in [6.07, 6.45) is 1.94. The first-order chi connectivity index (χ1) is 10.5. The Balaban J connectivity index is 2.07. The molecule has 1 aliphatic heterocycles. The molecule has 0 bridgehead atoms. The highest BCUT2D eigenvalue weighted by Crippen LogP contribution is 2.17. The topological polar surface area (TPSA) is 64.7 Å². The van der Waals surface area contributed by atoms with Crippen LogP contribution in [0.2, 0.25) is 0 Å². The molecule has 1 aliphatic rings. The van der Waals surface area contributed by atoms with Crippen LogP contribution in [0.3, 0.4) is 0 Å². The Labute approximate surface area is 131 Å². The van der Waals surface area contributed by atoms with Gasteiger partial charge >= 0.3 is 6.03 Å². The van der Waals surface area contributed by atoms with Crippen molar-refractivity contribution in [3.05, 3.63) is 29.8 Å². The van der Waals surface area contributed by atoms with Gasteiger partial charge in [0.05, 0.1) is 0 Å². The fourth-order valence-corrected chi connectivity index (χ4v) is 2.53. The molecule has 6 nitrogen and oxygen atoms in total. The predicted octanol–water partition coefficient (Wildman–Crippen LogP) is 1.60. The van der Waals surface area contributed by atoms with Crippen molar-refractivity contribution in [1.82, 2.24) is 15.1 Å². The van der Waals surface area contributed by atoms with Crippen molar-refractivity contribution in [2.45, 2.75) is 18.9 Å². The Morgan fingerprint density at radius 1 is 1.18 bits per heavy atom. The van der Waals surface area contributed by atoms with E-state index in [1.807, 2.05) is 11.9 Å². The highest BCUT2D eigenvalue weighted by molar-refractivity contribution is 5.96. The average Bonchev–Trinajstić information content (AvgIpc) is 2.54. The van der Waals surface area contributed by atoms with Gasteiger partial charge in [-0.3, -0.25) is 4.79 Å². The second kappa shape index (κ2) is 7.26. The van der Waals surface area contributed by atoms with E-state index in [0.717, 1.165) is 25.9 Å². The van der Waals surface area contributed by atoms with Gasteiger partial charge in [0.15, 0.2) is 0 Å². The molecule has 120 valence electrons. The first-order valence-electron chi connectivity index (χ1n) is 7.55. The van der Waals surface area contributed by atoms with Crippen LogP contribution in [-0.4, -0.2) is 62.0 Å². The summed E-state index contributed by atoms with van der Waals surface area (Å²) >= 11 is 0. The number of hydrogen-bond donors (Lipinski definition) is 2. The highest BCUT2D eigenvalue weighted by Gasteiger charge is 2.23. The fraction of sp³-hybridized carbons (Fsp3) is 0.500. The van der Waals surface area contributed by atoms with E-state index in [-0.39, 0.29) is 18.0 Å². The molecule has 0 spiro atoms. The zero-order valence-electron chi connectivity index (χ0n) is 13.4. The van der Waals surface area contributed by atoms with Crippen molar-refractivity contribution in [2.75, 3.05) is 39.5 Å². The normalized spacial score (nSPS) is 15.2. The third kappa shape index (κ3) is 3.98. The Morgan fingerprint density at radius 2 is 1.86 bits per heavy atom. The molecule has 0 aliphatic carbocycles. The molecule has 0 unspecified atom stereocenters. The van der Waals surface area contributed by atoms with Gasteiger partial charge < -0.3 is 20.4 Å². The molecule has 2 N–H and O–H groups in total. The smallest absolute Gasteiger partial charge is 0.321 e. The lowest BCUT2D eigenvalue weighted by atomic mass is 10.0. The first kappa shape index (κ1) is 16.3. The minimum Gasteiger partial charge on any atom is -0.339 e. The number of urea groups is 1. The number of nitrogens with one attached hydrogen (secondary N) is 2. The van der Waals surface area contributed by atoms with Gasteiger partial charge in [-0.1, -0.05) is 6.07 Å². The van der Waals surface area contributed by atoms with E-state index < -0.39 is 0 Å². The van der Waals surface area contributed by atoms with Crippen LogP contribution in [-0.2, 0) is 0 Å². The molecule has 1 aromatic rings. The van der Waals surface area contributed by atoms with Crippen molar-refractivity contribution in [3.8, 4) is 0 Å².